The Bertz CT molecular complexity index is 1360. The Morgan fingerprint density at radius 3 is 2.17 bits per heavy atom. The number of anilines is 2. The number of amides is 1. The molecule has 0 aliphatic rings. The number of aryl methyl sites for hydroxylation is 1. The minimum Gasteiger partial charge on any atom is -0.469 e. The summed E-state index contributed by atoms with van der Waals surface area (Å²) in [5.41, 5.74) is 5.03. The molecule has 0 aliphatic carbocycles. The van der Waals surface area contributed by atoms with Crippen molar-refractivity contribution in [1.82, 2.24) is 5.16 Å². The van der Waals surface area contributed by atoms with Gasteiger partial charge in [-0.2, -0.15) is 0 Å². The van der Waals surface area contributed by atoms with Crippen molar-refractivity contribution in [2.45, 2.75) is 20.3 Å². The Morgan fingerprint density at radius 2 is 1.56 bits per heavy atom. The predicted molar refractivity (Wildman–Crippen MR) is 138 cm³/mol. The second-order valence-corrected chi connectivity index (χ2v) is 8.37. The summed E-state index contributed by atoms with van der Waals surface area (Å²) in [6, 6.07) is 22.4. The van der Waals surface area contributed by atoms with Gasteiger partial charge in [0.05, 0.1) is 30.8 Å². The third-order valence-corrected chi connectivity index (χ3v) is 5.93. The molecule has 4 aromatic rings. The minimum atomic E-state index is -0.582. The zero-order chi connectivity index (χ0) is 25.7. The maximum Gasteiger partial charge on any atom is 0.419 e. The van der Waals surface area contributed by atoms with Crippen molar-refractivity contribution in [2.24, 2.45) is 0 Å². The van der Waals surface area contributed by atoms with Crippen molar-refractivity contribution in [1.29, 1.82) is 0 Å². The molecule has 0 aliphatic heterocycles. The van der Waals surface area contributed by atoms with E-state index in [1.165, 1.54) is 12.0 Å². The lowest BCUT2D eigenvalue weighted by Gasteiger charge is -2.23. The van der Waals surface area contributed by atoms with Crippen LogP contribution in [0.3, 0.4) is 0 Å². The first-order valence-corrected chi connectivity index (χ1v) is 11.7. The van der Waals surface area contributed by atoms with Gasteiger partial charge in [-0.25, -0.2) is 9.69 Å². The van der Waals surface area contributed by atoms with E-state index in [0.29, 0.717) is 27.9 Å². The molecule has 1 amide bonds. The normalized spacial score (nSPS) is 10.7. The Hall–Kier alpha value is -4.10. The number of hydrogen-bond donors (Lipinski definition) is 0. The highest BCUT2D eigenvalue weighted by atomic mass is 35.5. The summed E-state index contributed by atoms with van der Waals surface area (Å²) in [5.74, 6) is 0.138. The number of rotatable bonds is 7. The van der Waals surface area contributed by atoms with Crippen LogP contribution in [0.2, 0.25) is 5.02 Å². The Labute approximate surface area is 214 Å². The fourth-order valence-electron chi connectivity index (χ4n) is 3.82. The number of halogens is 1. The fraction of sp³-hybridized carbons (Fsp3) is 0.179. The van der Waals surface area contributed by atoms with Crippen LogP contribution in [0.1, 0.15) is 18.2 Å². The van der Waals surface area contributed by atoms with E-state index in [-0.39, 0.29) is 19.0 Å². The van der Waals surface area contributed by atoms with E-state index >= 15 is 0 Å². The number of esters is 1. The largest absolute Gasteiger partial charge is 0.469 e. The zero-order valence-electron chi connectivity index (χ0n) is 20.2. The highest BCUT2D eigenvalue weighted by Gasteiger charge is 2.29. The number of carbonyl (C=O) groups excluding carboxylic acids is 2. The second kappa shape index (κ2) is 11.1. The molecule has 0 N–H and O–H groups in total. The number of benzene rings is 3. The average molecular weight is 505 g/mol. The van der Waals surface area contributed by atoms with Crippen LogP contribution in [0.15, 0.2) is 77.3 Å². The third-order valence-electron chi connectivity index (χ3n) is 5.61. The number of nitrogens with zero attached hydrogens (tertiary/aromatic N) is 2. The predicted octanol–water partition coefficient (Wildman–Crippen LogP) is 6.98. The summed E-state index contributed by atoms with van der Waals surface area (Å²) in [6.07, 6.45) is -0.354. The minimum absolute atomic E-state index is 0.201. The lowest BCUT2D eigenvalue weighted by atomic mass is 10.0. The number of aromatic nitrogens is 1. The summed E-state index contributed by atoms with van der Waals surface area (Å²) < 4.78 is 15.7. The van der Waals surface area contributed by atoms with Crippen molar-refractivity contribution in [2.75, 3.05) is 18.6 Å². The topological polar surface area (TPSA) is 81.9 Å². The van der Waals surface area contributed by atoms with E-state index in [1.54, 1.807) is 38.1 Å². The number of methoxy groups -OCH3 is 1. The smallest absolute Gasteiger partial charge is 0.419 e. The van der Waals surface area contributed by atoms with Crippen molar-refractivity contribution in [3.8, 4) is 22.5 Å². The molecule has 1 heterocycles. The van der Waals surface area contributed by atoms with Gasteiger partial charge in [-0.1, -0.05) is 77.4 Å². The molecule has 8 heteroatoms. The van der Waals surface area contributed by atoms with Crippen LogP contribution >= 0.6 is 11.6 Å². The monoisotopic (exact) mass is 504 g/mol. The van der Waals surface area contributed by atoms with Crippen LogP contribution in [0.4, 0.5) is 16.2 Å². The molecule has 0 fully saturated rings. The molecule has 0 unspecified atom stereocenters. The number of ether oxygens (including phenoxy) is 2. The number of hydrogen-bond acceptors (Lipinski definition) is 6. The molecule has 0 radical (unpaired) electrons. The van der Waals surface area contributed by atoms with Gasteiger partial charge in [0.25, 0.3) is 0 Å². The van der Waals surface area contributed by atoms with Gasteiger partial charge in [0.1, 0.15) is 11.4 Å². The van der Waals surface area contributed by atoms with Crippen molar-refractivity contribution in [3.63, 3.8) is 0 Å². The number of para-hydroxylation sites is 1. The molecule has 1 aromatic heterocycles. The van der Waals surface area contributed by atoms with Crippen LogP contribution in [0.5, 0.6) is 0 Å². The summed E-state index contributed by atoms with van der Waals surface area (Å²) >= 11 is 6.44. The van der Waals surface area contributed by atoms with Crippen LogP contribution < -0.4 is 4.90 Å². The van der Waals surface area contributed by atoms with Gasteiger partial charge < -0.3 is 14.0 Å². The quantitative estimate of drug-likeness (QED) is 0.252. The van der Waals surface area contributed by atoms with Crippen LogP contribution in [-0.2, 0) is 20.7 Å². The van der Waals surface area contributed by atoms with Crippen molar-refractivity contribution < 1.29 is 23.6 Å². The molecule has 3 aromatic carbocycles. The average Bonchev–Trinajstić information content (AvgIpc) is 3.27. The first-order valence-electron chi connectivity index (χ1n) is 11.4. The van der Waals surface area contributed by atoms with E-state index in [4.69, 9.17) is 25.6 Å². The van der Waals surface area contributed by atoms with Crippen LogP contribution in [-0.4, -0.2) is 30.9 Å². The molecule has 0 saturated heterocycles. The van der Waals surface area contributed by atoms with Gasteiger partial charge in [-0.15, -0.1) is 0 Å². The van der Waals surface area contributed by atoms with Gasteiger partial charge in [-0.05, 0) is 42.7 Å². The molecule has 0 saturated carbocycles. The molecule has 7 nitrogen and oxygen atoms in total. The van der Waals surface area contributed by atoms with Crippen LogP contribution in [0.25, 0.3) is 22.5 Å². The lowest BCUT2D eigenvalue weighted by molar-refractivity contribution is -0.139. The van der Waals surface area contributed by atoms with Gasteiger partial charge in [-0.3, -0.25) is 4.79 Å². The molecular weight excluding hydrogens is 480 g/mol. The Balaban J connectivity index is 1.68. The third kappa shape index (κ3) is 5.26. The van der Waals surface area contributed by atoms with Gasteiger partial charge in [0.2, 0.25) is 0 Å². The van der Waals surface area contributed by atoms with E-state index in [0.717, 1.165) is 22.3 Å². The zero-order valence-corrected chi connectivity index (χ0v) is 20.9. The van der Waals surface area contributed by atoms with Crippen molar-refractivity contribution >= 4 is 35.0 Å². The summed E-state index contributed by atoms with van der Waals surface area (Å²) in [6.45, 7) is 3.70. The van der Waals surface area contributed by atoms with Gasteiger partial charge >= 0.3 is 12.1 Å². The van der Waals surface area contributed by atoms with E-state index < -0.39 is 6.09 Å². The van der Waals surface area contributed by atoms with Gasteiger partial charge in [0.15, 0.2) is 5.76 Å². The van der Waals surface area contributed by atoms with Gasteiger partial charge in [0, 0.05) is 5.56 Å². The standard InChI is InChI=1S/C28H25ClN2O5/c1-4-35-28(33)31(24-8-6-5-7-23(24)29)26-18(2)30-36-27(26)22-15-13-21(14-16-22)20-11-9-19(10-12-20)17-25(32)34-3/h5-16H,4,17H2,1-3H3. The number of carbonyl (C=O) groups is 2. The fourth-order valence-corrected chi connectivity index (χ4v) is 4.04. The maximum absolute atomic E-state index is 13.0. The van der Waals surface area contributed by atoms with E-state index in [1.807, 2.05) is 48.5 Å². The molecule has 184 valence electrons. The highest BCUT2D eigenvalue weighted by Crippen LogP contribution is 2.41. The lowest BCUT2D eigenvalue weighted by Crippen LogP contribution is -2.27. The van der Waals surface area contributed by atoms with Crippen LogP contribution in [0, 0.1) is 6.92 Å². The molecule has 0 atom stereocenters. The molecule has 36 heavy (non-hydrogen) atoms. The first kappa shape index (κ1) is 25.0. The molecular formula is C28H25ClN2O5. The summed E-state index contributed by atoms with van der Waals surface area (Å²) in [7, 11) is 1.38. The molecule has 4 rings (SSSR count). The second-order valence-electron chi connectivity index (χ2n) is 7.96. The highest BCUT2D eigenvalue weighted by molar-refractivity contribution is 6.34. The first-order chi connectivity index (χ1) is 17.4. The molecule has 0 spiro atoms. The Kier molecular flexibility index (Phi) is 7.71. The van der Waals surface area contributed by atoms with E-state index in [2.05, 4.69) is 5.16 Å². The van der Waals surface area contributed by atoms with E-state index in [9.17, 15) is 9.59 Å². The SMILES string of the molecule is CCOC(=O)N(c1ccccc1Cl)c1c(C)noc1-c1ccc(-c2ccc(CC(=O)OC)cc2)cc1. The summed E-state index contributed by atoms with van der Waals surface area (Å²) in [4.78, 5) is 25.9. The van der Waals surface area contributed by atoms with Crippen molar-refractivity contribution in [3.05, 3.63) is 89.1 Å². The summed E-state index contributed by atoms with van der Waals surface area (Å²) in [5, 5.41) is 4.52. The molecule has 0 bridgehead atoms. The maximum atomic E-state index is 13.0. The Morgan fingerprint density at radius 1 is 0.944 bits per heavy atom.